The molecule has 0 fully saturated rings. The van der Waals surface area contributed by atoms with Crippen LogP contribution in [-0.2, 0) is 4.74 Å². The van der Waals surface area contributed by atoms with Crippen LogP contribution < -0.4 is 5.73 Å². The normalized spacial score (nSPS) is 10.3. The van der Waals surface area contributed by atoms with Crippen LogP contribution in [0.2, 0.25) is 5.02 Å². The van der Waals surface area contributed by atoms with Gasteiger partial charge in [0, 0.05) is 5.02 Å². The number of hydrogen-bond acceptors (Lipinski definition) is 5. The SMILES string of the molecule is CCOC(=O)c1nc(N)sc1-c1cccc(Cl)c1. The summed E-state index contributed by atoms with van der Waals surface area (Å²) in [6.45, 7) is 2.04. The van der Waals surface area contributed by atoms with E-state index in [1.165, 1.54) is 11.3 Å². The molecule has 6 heteroatoms. The number of nitrogen functional groups attached to an aromatic ring is 1. The molecule has 0 bridgehead atoms. The Hall–Kier alpha value is -1.59. The molecular formula is C12H11ClN2O2S. The van der Waals surface area contributed by atoms with Crippen molar-refractivity contribution < 1.29 is 9.53 Å². The van der Waals surface area contributed by atoms with Crippen molar-refractivity contribution in [2.24, 2.45) is 0 Å². The second-order valence-electron chi connectivity index (χ2n) is 3.46. The molecule has 1 aromatic heterocycles. The van der Waals surface area contributed by atoms with Crippen molar-refractivity contribution in [1.29, 1.82) is 0 Å². The molecule has 4 nitrogen and oxygen atoms in total. The Morgan fingerprint density at radius 3 is 3.00 bits per heavy atom. The summed E-state index contributed by atoms with van der Waals surface area (Å²) in [4.78, 5) is 16.5. The maximum atomic E-state index is 11.8. The van der Waals surface area contributed by atoms with Gasteiger partial charge in [-0.05, 0) is 24.6 Å². The summed E-state index contributed by atoms with van der Waals surface area (Å²) in [5.74, 6) is -0.472. The van der Waals surface area contributed by atoms with Gasteiger partial charge < -0.3 is 10.5 Å². The van der Waals surface area contributed by atoms with Crippen LogP contribution in [0.15, 0.2) is 24.3 Å². The summed E-state index contributed by atoms with van der Waals surface area (Å²) in [6.07, 6.45) is 0. The average molecular weight is 283 g/mol. The zero-order valence-corrected chi connectivity index (χ0v) is 11.2. The number of anilines is 1. The van der Waals surface area contributed by atoms with Crippen molar-refractivity contribution in [2.75, 3.05) is 12.3 Å². The number of carbonyl (C=O) groups is 1. The van der Waals surface area contributed by atoms with Crippen LogP contribution >= 0.6 is 22.9 Å². The number of ether oxygens (including phenoxy) is 1. The zero-order chi connectivity index (χ0) is 13.1. The van der Waals surface area contributed by atoms with E-state index in [0.29, 0.717) is 21.6 Å². The molecule has 0 spiro atoms. The average Bonchev–Trinajstić information content (AvgIpc) is 2.72. The van der Waals surface area contributed by atoms with Gasteiger partial charge in [-0.25, -0.2) is 9.78 Å². The van der Waals surface area contributed by atoms with Crippen LogP contribution in [0.3, 0.4) is 0 Å². The van der Waals surface area contributed by atoms with E-state index in [1.807, 2.05) is 12.1 Å². The largest absolute Gasteiger partial charge is 0.461 e. The number of esters is 1. The lowest BCUT2D eigenvalue weighted by Crippen LogP contribution is -2.06. The standard InChI is InChI=1S/C12H11ClN2O2S/c1-2-17-11(16)9-10(18-12(14)15-9)7-4-3-5-8(13)6-7/h3-6H,2H2,1H3,(H2,14,15). The van der Waals surface area contributed by atoms with Gasteiger partial charge in [-0.1, -0.05) is 35.1 Å². The first-order chi connectivity index (χ1) is 8.61. The summed E-state index contributed by atoms with van der Waals surface area (Å²) in [5.41, 5.74) is 6.70. The van der Waals surface area contributed by atoms with E-state index in [0.717, 1.165) is 5.56 Å². The molecule has 2 aromatic rings. The summed E-state index contributed by atoms with van der Waals surface area (Å²) in [6, 6.07) is 7.18. The minimum Gasteiger partial charge on any atom is -0.461 e. The van der Waals surface area contributed by atoms with E-state index in [-0.39, 0.29) is 5.69 Å². The van der Waals surface area contributed by atoms with E-state index in [9.17, 15) is 4.79 Å². The molecule has 0 aliphatic heterocycles. The molecule has 0 aliphatic carbocycles. The monoisotopic (exact) mass is 282 g/mol. The van der Waals surface area contributed by atoms with E-state index in [4.69, 9.17) is 22.1 Å². The van der Waals surface area contributed by atoms with Crippen molar-refractivity contribution >= 4 is 34.0 Å². The van der Waals surface area contributed by atoms with E-state index in [2.05, 4.69) is 4.98 Å². The number of carbonyl (C=O) groups excluding carboxylic acids is 1. The van der Waals surface area contributed by atoms with Crippen molar-refractivity contribution in [3.05, 3.63) is 35.0 Å². The first-order valence-electron chi connectivity index (χ1n) is 5.31. The van der Waals surface area contributed by atoms with Crippen LogP contribution in [0, 0.1) is 0 Å². The van der Waals surface area contributed by atoms with Crippen LogP contribution in [0.1, 0.15) is 17.4 Å². The van der Waals surface area contributed by atoms with Crippen molar-refractivity contribution in [2.45, 2.75) is 6.92 Å². The Kier molecular flexibility index (Phi) is 3.84. The maximum absolute atomic E-state index is 11.8. The molecule has 18 heavy (non-hydrogen) atoms. The minimum absolute atomic E-state index is 0.238. The molecule has 0 radical (unpaired) electrons. The Labute approximate surface area is 113 Å². The predicted molar refractivity (Wildman–Crippen MR) is 72.9 cm³/mol. The highest BCUT2D eigenvalue weighted by Gasteiger charge is 2.19. The third kappa shape index (κ3) is 2.63. The number of rotatable bonds is 3. The van der Waals surface area contributed by atoms with Crippen LogP contribution in [-0.4, -0.2) is 17.6 Å². The van der Waals surface area contributed by atoms with Crippen LogP contribution in [0.4, 0.5) is 5.13 Å². The van der Waals surface area contributed by atoms with Gasteiger partial charge in [-0.2, -0.15) is 0 Å². The Morgan fingerprint density at radius 1 is 1.56 bits per heavy atom. The molecule has 94 valence electrons. The molecule has 0 unspecified atom stereocenters. The summed E-state index contributed by atoms with van der Waals surface area (Å²) < 4.78 is 4.95. The second-order valence-corrected chi connectivity index (χ2v) is 4.93. The molecule has 0 saturated heterocycles. The topological polar surface area (TPSA) is 65.2 Å². The molecule has 1 heterocycles. The lowest BCUT2D eigenvalue weighted by Gasteiger charge is -2.02. The lowest BCUT2D eigenvalue weighted by atomic mass is 10.1. The molecule has 0 saturated carbocycles. The van der Waals surface area contributed by atoms with Gasteiger partial charge in [-0.15, -0.1) is 0 Å². The number of halogens is 1. The molecule has 1 aromatic carbocycles. The van der Waals surface area contributed by atoms with E-state index in [1.54, 1.807) is 19.1 Å². The molecule has 2 rings (SSSR count). The number of nitrogens with two attached hydrogens (primary N) is 1. The third-order valence-electron chi connectivity index (χ3n) is 2.20. The molecule has 0 aliphatic rings. The smallest absolute Gasteiger partial charge is 0.358 e. The summed E-state index contributed by atoms with van der Waals surface area (Å²) in [5, 5.41) is 0.919. The quantitative estimate of drug-likeness (QED) is 0.878. The third-order valence-corrected chi connectivity index (χ3v) is 3.37. The summed E-state index contributed by atoms with van der Waals surface area (Å²) >= 11 is 7.17. The molecule has 2 N–H and O–H groups in total. The van der Waals surface area contributed by atoms with Gasteiger partial charge in [0.25, 0.3) is 0 Å². The van der Waals surface area contributed by atoms with Gasteiger partial charge in [0.15, 0.2) is 10.8 Å². The highest BCUT2D eigenvalue weighted by atomic mass is 35.5. The Morgan fingerprint density at radius 2 is 2.33 bits per heavy atom. The zero-order valence-electron chi connectivity index (χ0n) is 9.64. The molecular weight excluding hydrogens is 272 g/mol. The molecule has 0 atom stereocenters. The fourth-order valence-electron chi connectivity index (χ4n) is 1.50. The number of thiazole rings is 1. The molecule has 0 amide bonds. The number of hydrogen-bond donors (Lipinski definition) is 1. The highest BCUT2D eigenvalue weighted by Crippen LogP contribution is 2.33. The van der Waals surface area contributed by atoms with Crippen molar-refractivity contribution in [3.8, 4) is 10.4 Å². The van der Waals surface area contributed by atoms with E-state index < -0.39 is 5.97 Å². The number of benzene rings is 1. The van der Waals surface area contributed by atoms with E-state index >= 15 is 0 Å². The maximum Gasteiger partial charge on any atom is 0.358 e. The van der Waals surface area contributed by atoms with Crippen molar-refractivity contribution in [1.82, 2.24) is 4.98 Å². The van der Waals surface area contributed by atoms with Gasteiger partial charge in [0.1, 0.15) is 0 Å². The van der Waals surface area contributed by atoms with Crippen LogP contribution in [0.25, 0.3) is 10.4 Å². The summed E-state index contributed by atoms with van der Waals surface area (Å²) in [7, 11) is 0. The van der Waals surface area contributed by atoms with Gasteiger partial charge in [0.2, 0.25) is 0 Å². The van der Waals surface area contributed by atoms with Crippen molar-refractivity contribution in [3.63, 3.8) is 0 Å². The highest BCUT2D eigenvalue weighted by molar-refractivity contribution is 7.19. The predicted octanol–water partition coefficient (Wildman–Crippen LogP) is 3.22. The van der Waals surface area contributed by atoms with Gasteiger partial charge in [-0.3, -0.25) is 0 Å². The second kappa shape index (κ2) is 5.37. The van der Waals surface area contributed by atoms with Gasteiger partial charge in [0.05, 0.1) is 11.5 Å². The first kappa shape index (κ1) is 12.9. The lowest BCUT2D eigenvalue weighted by molar-refractivity contribution is 0.0521. The fraction of sp³-hybridized carbons (Fsp3) is 0.167. The minimum atomic E-state index is -0.472. The van der Waals surface area contributed by atoms with Gasteiger partial charge >= 0.3 is 5.97 Å². The Balaban J connectivity index is 2.47. The Bertz CT molecular complexity index is 583. The fourth-order valence-corrected chi connectivity index (χ4v) is 2.51. The van der Waals surface area contributed by atoms with Crippen LogP contribution in [0.5, 0.6) is 0 Å². The number of aromatic nitrogens is 1. The first-order valence-corrected chi connectivity index (χ1v) is 6.50. The number of nitrogens with zero attached hydrogens (tertiary/aromatic N) is 1.